The van der Waals surface area contributed by atoms with Crippen LogP contribution >= 0.6 is 0 Å². The van der Waals surface area contributed by atoms with Crippen molar-refractivity contribution in [1.29, 1.82) is 0 Å². The van der Waals surface area contributed by atoms with E-state index in [4.69, 9.17) is 4.74 Å². The highest BCUT2D eigenvalue weighted by Gasteiger charge is 2.61. The van der Waals surface area contributed by atoms with Crippen molar-refractivity contribution >= 4 is 11.8 Å². The number of nitrogens with zero attached hydrogens (tertiary/aromatic N) is 3. The molecule has 2 heterocycles. The molecule has 0 aromatic heterocycles. The van der Waals surface area contributed by atoms with Gasteiger partial charge in [-0.15, -0.1) is 0 Å². The molecule has 5 nitrogen and oxygen atoms in total. The topological polar surface area (TPSA) is 45.1 Å². The molecule has 1 saturated heterocycles. The van der Waals surface area contributed by atoms with Crippen LogP contribution in [0.1, 0.15) is 33.6 Å². The monoisotopic (exact) mass is 291 g/mol. The predicted octanol–water partition coefficient (Wildman–Crippen LogP) is 1.65. The van der Waals surface area contributed by atoms with E-state index in [9.17, 15) is 4.79 Å². The van der Waals surface area contributed by atoms with Crippen molar-refractivity contribution in [2.24, 2.45) is 10.4 Å². The Morgan fingerprint density at radius 3 is 2.95 bits per heavy atom. The number of rotatable bonds is 4. The lowest BCUT2D eigenvalue weighted by molar-refractivity contribution is -0.144. The van der Waals surface area contributed by atoms with Gasteiger partial charge < -0.3 is 9.64 Å². The van der Waals surface area contributed by atoms with Gasteiger partial charge in [-0.25, -0.2) is 0 Å². The molecule has 0 amide bonds. The molecule has 1 saturated carbocycles. The maximum atomic E-state index is 11.6. The van der Waals surface area contributed by atoms with Crippen LogP contribution in [0.15, 0.2) is 16.3 Å². The zero-order chi connectivity index (χ0) is 15.2. The molecule has 3 rings (SSSR count). The first-order chi connectivity index (χ1) is 9.97. The van der Waals surface area contributed by atoms with Gasteiger partial charge in [0.2, 0.25) is 0 Å². The number of ether oxygens (including phenoxy) is 1. The smallest absolute Gasteiger partial charge is 0.320 e. The van der Waals surface area contributed by atoms with Crippen LogP contribution in [0.5, 0.6) is 0 Å². The highest BCUT2D eigenvalue weighted by molar-refractivity contribution is 5.83. The number of esters is 1. The molecule has 0 N–H and O–H groups in total. The lowest BCUT2D eigenvalue weighted by atomic mass is 10.0. The molecule has 2 atom stereocenters. The van der Waals surface area contributed by atoms with Crippen molar-refractivity contribution in [2.75, 3.05) is 33.3 Å². The maximum absolute atomic E-state index is 11.6. The molecule has 0 aromatic carbocycles. The zero-order valence-corrected chi connectivity index (χ0v) is 13.5. The second-order valence-corrected chi connectivity index (χ2v) is 6.66. The number of carbonyl (C=O) groups is 1. The van der Waals surface area contributed by atoms with Crippen LogP contribution in [0.25, 0.3) is 0 Å². The number of fused-ring (bicyclic) bond motifs is 1. The molecule has 5 heteroatoms. The molecule has 3 aliphatic rings. The summed E-state index contributed by atoms with van der Waals surface area (Å²) in [6, 6.07) is 0.487. The van der Waals surface area contributed by atoms with Crippen LogP contribution in [-0.4, -0.2) is 60.9 Å². The third kappa shape index (κ3) is 2.48. The van der Waals surface area contributed by atoms with Crippen molar-refractivity contribution in [3.8, 4) is 0 Å². The normalized spacial score (nSPS) is 30.8. The fourth-order valence-electron chi connectivity index (χ4n) is 3.83. The second-order valence-electron chi connectivity index (χ2n) is 6.66. The minimum atomic E-state index is -0.120. The van der Waals surface area contributed by atoms with Crippen molar-refractivity contribution in [3.63, 3.8) is 0 Å². The molecular weight excluding hydrogens is 266 g/mol. The van der Waals surface area contributed by atoms with Gasteiger partial charge in [-0.05, 0) is 46.2 Å². The number of hydrogen-bond acceptors (Lipinski definition) is 5. The Hall–Kier alpha value is -1.36. The van der Waals surface area contributed by atoms with Gasteiger partial charge in [0.25, 0.3) is 0 Å². The number of hydrogen-bond donors (Lipinski definition) is 0. The Morgan fingerprint density at radius 2 is 2.29 bits per heavy atom. The van der Waals surface area contributed by atoms with Crippen molar-refractivity contribution in [1.82, 2.24) is 9.80 Å². The molecular formula is C16H25N3O2. The third-order valence-corrected chi connectivity index (χ3v) is 5.11. The number of allylic oxidation sites excluding steroid dienone is 1. The van der Waals surface area contributed by atoms with Gasteiger partial charge in [-0.1, -0.05) is 0 Å². The van der Waals surface area contributed by atoms with Crippen LogP contribution in [0, 0.1) is 5.41 Å². The molecule has 1 aliphatic carbocycles. The summed E-state index contributed by atoms with van der Waals surface area (Å²) < 4.78 is 5.05. The third-order valence-electron chi connectivity index (χ3n) is 5.11. The standard InChI is InChI=1S/C16H25N3O2/c1-5-21-15(20)9-18(4)14-7-16(14)6-13-11(2)8-17-12(3)19(13)10-16/h14H,5-10H2,1-4H3/t14-,16-/m0/s1. The van der Waals surface area contributed by atoms with Crippen LogP contribution < -0.4 is 0 Å². The van der Waals surface area contributed by atoms with E-state index in [1.807, 2.05) is 14.0 Å². The van der Waals surface area contributed by atoms with Crippen molar-refractivity contribution in [2.45, 2.75) is 39.7 Å². The van der Waals surface area contributed by atoms with E-state index in [1.165, 1.54) is 17.7 Å². The molecule has 1 spiro atoms. The quantitative estimate of drug-likeness (QED) is 0.739. The van der Waals surface area contributed by atoms with Gasteiger partial charge in [0.05, 0.1) is 19.7 Å². The summed E-state index contributed by atoms with van der Waals surface area (Å²) in [4.78, 5) is 20.8. The summed E-state index contributed by atoms with van der Waals surface area (Å²) in [6.45, 7) is 8.89. The fourth-order valence-corrected chi connectivity index (χ4v) is 3.83. The summed E-state index contributed by atoms with van der Waals surface area (Å²) in [5.74, 6) is 1.03. The number of amidine groups is 1. The molecule has 21 heavy (non-hydrogen) atoms. The summed E-state index contributed by atoms with van der Waals surface area (Å²) in [7, 11) is 2.04. The van der Waals surface area contributed by atoms with Gasteiger partial charge in [0.1, 0.15) is 5.84 Å². The van der Waals surface area contributed by atoms with E-state index in [-0.39, 0.29) is 5.97 Å². The van der Waals surface area contributed by atoms with Gasteiger partial charge in [0.15, 0.2) is 0 Å². The Bertz CT molecular complexity index is 526. The van der Waals surface area contributed by atoms with E-state index in [2.05, 4.69) is 28.6 Å². The lowest BCUT2D eigenvalue weighted by Crippen LogP contribution is -2.34. The molecule has 2 aliphatic heterocycles. The van der Waals surface area contributed by atoms with Crippen LogP contribution in [0.4, 0.5) is 0 Å². The summed E-state index contributed by atoms with van der Waals surface area (Å²) in [6.07, 6.45) is 2.30. The van der Waals surface area contributed by atoms with Crippen molar-refractivity contribution < 1.29 is 9.53 Å². The van der Waals surface area contributed by atoms with Crippen LogP contribution in [0.3, 0.4) is 0 Å². The molecule has 116 valence electrons. The van der Waals surface area contributed by atoms with Gasteiger partial charge in [-0.3, -0.25) is 14.7 Å². The number of aliphatic imine (C=N–C) groups is 1. The highest BCUT2D eigenvalue weighted by Crippen LogP contribution is 2.59. The Labute approximate surface area is 126 Å². The average Bonchev–Trinajstić information content (AvgIpc) is 2.96. The zero-order valence-electron chi connectivity index (χ0n) is 13.5. The molecule has 0 unspecified atom stereocenters. The molecule has 0 radical (unpaired) electrons. The number of carbonyl (C=O) groups excluding carboxylic acids is 1. The number of likely N-dealkylation sites (N-methyl/N-ethyl adjacent to an activating group) is 1. The molecule has 0 aromatic rings. The largest absolute Gasteiger partial charge is 0.465 e. The van der Waals surface area contributed by atoms with Gasteiger partial charge in [0, 0.05) is 23.7 Å². The Morgan fingerprint density at radius 1 is 1.52 bits per heavy atom. The Kier molecular flexibility index (Phi) is 3.56. The predicted molar refractivity (Wildman–Crippen MR) is 82.1 cm³/mol. The minimum absolute atomic E-state index is 0.120. The average molecular weight is 291 g/mol. The minimum Gasteiger partial charge on any atom is -0.465 e. The first-order valence-corrected chi connectivity index (χ1v) is 7.80. The molecule has 2 fully saturated rings. The van der Waals surface area contributed by atoms with E-state index in [0.29, 0.717) is 24.6 Å². The first kappa shape index (κ1) is 14.6. The summed E-state index contributed by atoms with van der Waals surface area (Å²) in [5, 5.41) is 0. The SMILES string of the molecule is CCOC(=O)CN(C)[C@H]1C[C@]12CC1=C(C)CN=C(C)N1C2. The fraction of sp³-hybridized carbons (Fsp3) is 0.750. The summed E-state index contributed by atoms with van der Waals surface area (Å²) >= 11 is 0. The summed E-state index contributed by atoms with van der Waals surface area (Å²) in [5.41, 5.74) is 3.18. The Balaban J connectivity index is 1.66. The van der Waals surface area contributed by atoms with E-state index in [0.717, 1.165) is 25.3 Å². The maximum Gasteiger partial charge on any atom is 0.320 e. The van der Waals surface area contributed by atoms with Gasteiger partial charge >= 0.3 is 5.97 Å². The van der Waals surface area contributed by atoms with E-state index in [1.54, 1.807) is 0 Å². The van der Waals surface area contributed by atoms with E-state index < -0.39 is 0 Å². The highest BCUT2D eigenvalue weighted by atomic mass is 16.5. The van der Waals surface area contributed by atoms with Crippen LogP contribution in [-0.2, 0) is 9.53 Å². The van der Waals surface area contributed by atoms with Crippen LogP contribution in [0.2, 0.25) is 0 Å². The second kappa shape index (κ2) is 5.13. The lowest BCUT2D eigenvalue weighted by Gasteiger charge is -2.25. The van der Waals surface area contributed by atoms with Crippen molar-refractivity contribution in [3.05, 3.63) is 11.3 Å². The van der Waals surface area contributed by atoms with E-state index >= 15 is 0 Å². The van der Waals surface area contributed by atoms with Gasteiger partial charge in [-0.2, -0.15) is 0 Å². The first-order valence-electron chi connectivity index (χ1n) is 7.80. The molecule has 0 bridgehead atoms.